The Morgan fingerprint density at radius 3 is 1.12 bits per heavy atom. The summed E-state index contributed by atoms with van der Waals surface area (Å²) >= 11 is 0. The van der Waals surface area contributed by atoms with Crippen LogP contribution in [0, 0.1) is 0 Å². The van der Waals surface area contributed by atoms with Crippen molar-refractivity contribution in [3.63, 3.8) is 0 Å². The molecule has 0 bridgehead atoms. The average Bonchev–Trinajstić information content (AvgIpc) is 2.81. The van der Waals surface area contributed by atoms with Gasteiger partial charge in [-0.15, -0.1) is 0 Å². The summed E-state index contributed by atoms with van der Waals surface area (Å²) < 4.78 is 0. The third-order valence-electron chi connectivity index (χ3n) is 5.13. The molecular formula is C28H28N2O2. The van der Waals surface area contributed by atoms with Crippen molar-refractivity contribution in [2.75, 3.05) is 38.0 Å². The second kappa shape index (κ2) is 10.4. The SMILES string of the molecule is CN(C)c1ccc(C=CC(=O)c2ccc(C(=O)C=Cc3ccc(N(C)C)cc3)cc2)cc1. The van der Waals surface area contributed by atoms with Crippen molar-refractivity contribution in [2.45, 2.75) is 0 Å². The lowest BCUT2D eigenvalue weighted by Crippen LogP contribution is -2.07. The Kier molecular flexibility index (Phi) is 7.40. The monoisotopic (exact) mass is 424 g/mol. The van der Waals surface area contributed by atoms with E-state index in [2.05, 4.69) is 0 Å². The molecule has 0 aromatic heterocycles. The molecule has 0 aliphatic carbocycles. The molecule has 0 atom stereocenters. The number of hydrogen-bond acceptors (Lipinski definition) is 4. The highest BCUT2D eigenvalue weighted by Crippen LogP contribution is 2.15. The van der Waals surface area contributed by atoms with E-state index >= 15 is 0 Å². The number of ketones is 2. The van der Waals surface area contributed by atoms with E-state index < -0.39 is 0 Å². The predicted octanol–water partition coefficient (Wildman–Crippen LogP) is 5.61. The highest BCUT2D eigenvalue weighted by molar-refractivity contribution is 6.09. The molecule has 0 heterocycles. The number of carbonyl (C=O) groups is 2. The van der Waals surface area contributed by atoms with Crippen LogP contribution in [0.1, 0.15) is 31.8 Å². The van der Waals surface area contributed by atoms with Crippen molar-refractivity contribution < 1.29 is 9.59 Å². The number of carbonyl (C=O) groups excluding carboxylic acids is 2. The maximum atomic E-state index is 12.5. The zero-order chi connectivity index (χ0) is 23.1. The van der Waals surface area contributed by atoms with Crippen molar-refractivity contribution in [2.24, 2.45) is 0 Å². The minimum absolute atomic E-state index is 0.0998. The zero-order valence-corrected chi connectivity index (χ0v) is 18.9. The van der Waals surface area contributed by atoms with Gasteiger partial charge in [-0.2, -0.15) is 0 Å². The number of anilines is 2. The van der Waals surface area contributed by atoms with Gasteiger partial charge in [0.2, 0.25) is 0 Å². The van der Waals surface area contributed by atoms with Gasteiger partial charge in [-0.1, -0.05) is 60.7 Å². The molecule has 0 N–H and O–H groups in total. The van der Waals surface area contributed by atoms with Gasteiger partial charge in [-0.25, -0.2) is 0 Å². The van der Waals surface area contributed by atoms with Gasteiger partial charge in [0.1, 0.15) is 0 Å². The maximum Gasteiger partial charge on any atom is 0.185 e. The minimum Gasteiger partial charge on any atom is -0.378 e. The van der Waals surface area contributed by atoms with Crippen LogP contribution in [0.3, 0.4) is 0 Å². The van der Waals surface area contributed by atoms with Crippen molar-refractivity contribution in [3.05, 3.63) is 107 Å². The molecule has 0 aliphatic rings. The first-order valence-corrected chi connectivity index (χ1v) is 10.4. The number of hydrogen-bond donors (Lipinski definition) is 0. The molecule has 0 radical (unpaired) electrons. The molecule has 0 fully saturated rings. The molecule has 0 amide bonds. The summed E-state index contributed by atoms with van der Waals surface area (Å²) in [6.45, 7) is 0. The van der Waals surface area contributed by atoms with E-state index in [-0.39, 0.29) is 11.6 Å². The van der Waals surface area contributed by atoms with Crippen LogP contribution >= 0.6 is 0 Å². The largest absolute Gasteiger partial charge is 0.378 e. The van der Waals surface area contributed by atoms with Crippen LogP contribution in [0.25, 0.3) is 12.2 Å². The fraction of sp³-hybridized carbons (Fsp3) is 0.143. The average molecular weight is 425 g/mol. The highest BCUT2D eigenvalue weighted by Gasteiger charge is 2.06. The summed E-state index contributed by atoms with van der Waals surface area (Å²) in [5.74, 6) is -0.200. The van der Waals surface area contributed by atoms with Crippen LogP contribution in [0.5, 0.6) is 0 Å². The van der Waals surface area contributed by atoms with Gasteiger partial charge in [-0.3, -0.25) is 9.59 Å². The molecular weight excluding hydrogens is 396 g/mol. The Bertz CT molecular complexity index is 1030. The van der Waals surface area contributed by atoms with Crippen LogP contribution in [-0.2, 0) is 0 Å². The number of allylic oxidation sites excluding steroid dienone is 2. The normalized spacial score (nSPS) is 11.1. The van der Waals surface area contributed by atoms with Gasteiger partial charge < -0.3 is 9.80 Å². The lowest BCUT2D eigenvalue weighted by molar-refractivity contribution is 0.103. The van der Waals surface area contributed by atoms with Crippen LogP contribution in [-0.4, -0.2) is 39.8 Å². The second-order valence-corrected chi connectivity index (χ2v) is 7.94. The molecule has 3 aromatic rings. The van der Waals surface area contributed by atoms with E-state index in [4.69, 9.17) is 0 Å². The van der Waals surface area contributed by atoms with Crippen LogP contribution in [0.15, 0.2) is 84.9 Å². The van der Waals surface area contributed by atoms with E-state index in [1.165, 1.54) is 0 Å². The Labute approximate surface area is 190 Å². The molecule has 0 saturated heterocycles. The summed E-state index contributed by atoms with van der Waals surface area (Å²) in [6, 6.07) is 22.7. The fourth-order valence-electron chi connectivity index (χ4n) is 3.10. The standard InChI is InChI=1S/C28H28N2O2/c1-29(2)25-15-5-21(6-16-25)9-19-27(31)23-11-13-24(14-12-23)28(32)20-10-22-7-17-26(18-8-22)30(3)4/h5-20H,1-4H3. The van der Waals surface area contributed by atoms with Crippen LogP contribution < -0.4 is 9.80 Å². The Morgan fingerprint density at radius 1 is 0.531 bits per heavy atom. The quantitative estimate of drug-likeness (QED) is 0.348. The van der Waals surface area contributed by atoms with Crippen molar-refractivity contribution in [3.8, 4) is 0 Å². The summed E-state index contributed by atoms with van der Waals surface area (Å²) in [5.41, 5.74) is 5.22. The number of nitrogens with zero attached hydrogens (tertiary/aromatic N) is 2. The summed E-state index contributed by atoms with van der Waals surface area (Å²) in [6.07, 6.45) is 6.70. The van der Waals surface area contributed by atoms with Gasteiger partial charge in [0.05, 0.1) is 0 Å². The minimum atomic E-state index is -0.0998. The van der Waals surface area contributed by atoms with Gasteiger partial charge >= 0.3 is 0 Å². The molecule has 0 unspecified atom stereocenters. The van der Waals surface area contributed by atoms with E-state index in [9.17, 15) is 9.59 Å². The summed E-state index contributed by atoms with van der Waals surface area (Å²) in [5, 5.41) is 0. The Morgan fingerprint density at radius 2 is 0.844 bits per heavy atom. The maximum absolute atomic E-state index is 12.5. The van der Waals surface area contributed by atoms with Gasteiger partial charge in [-0.05, 0) is 47.5 Å². The smallest absolute Gasteiger partial charge is 0.185 e. The van der Waals surface area contributed by atoms with E-state index in [1.54, 1.807) is 48.6 Å². The zero-order valence-electron chi connectivity index (χ0n) is 18.9. The highest BCUT2D eigenvalue weighted by atomic mass is 16.1. The third-order valence-corrected chi connectivity index (χ3v) is 5.13. The van der Waals surface area contributed by atoms with Crippen molar-refractivity contribution in [1.29, 1.82) is 0 Å². The lowest BCUT2D eigenvalue weighted by atomic mass is 10.0. The molecule has 0 spiro atoms. The number of rotatable bonds is 8. The molecule has 3 aromatic carbocycles. The van der Waals surface area contributed by atoms with Gasteiger partial charge in [0.25, 0.3) is 0 Å². The molecule has 0 saturated carbocycles. The number of benzene rings is 3. The second-order valence-electron chi connectivity index (χ2n) is 7.94. The first kappa shape index (κ1) is 22.8. The summed E-state index contributed by atoms with van der Waals surface area (Å²) in [4.78, 5) is 29.0. The summed E-state index contributed by atoms with van der Waals surface area (Å²) in [7, 11) is 7.95. The predicted molar refractivity (Wildman–Crippen MR) is 135 cm³/mol. The van der Waals surface area contributed by atoms with Crippen LogP contribution in [0.4, 0.5) is 11.4 Å². The lowest BCUT2D eigenvalue weighted by Gasteiger charge is -2.11. The van der Waals surface area contributed by atoms with Gasteiger partial charge in [0, 0.05) is 50.7 Å². The Hall–Kier alpha value is -3.92. The van der Waals surface area contributed by atoms with E-state index in [0.717, 1.165) is 22.5 Å². The first-order valence-electron chi connectivity index (χ1n) is 10.4. The molecule has 0 aliphatic heterocycles. The first-order chi connectivity index (χ1) is 15.3. The van der Waals surface area contributed by atoms with Crippen LogP contribution in [0.2, 0.25) is 0 Å². The molecule has 4 nitrogen and oxygen atoms in total. The topological polar surface area (TPSA) is 40.6 Å². The molecule has 32 heavy (non-hydrogen) atoms. The Balaban J connectivity index is 1.61. The molecule has 3 rings (SSSR count). The fourth-order valence-corrected chi connectivity index (χ4v) is 3.10. The van der Waals surface area contributed by atoms with Crippen molar-refractivity contribution in [1.82, 2.24) is 0 Å². The van der Waals surface area contributed by atoms with E-state index in [0.29, 0.717) is 11.1 Å². The molecule has 162 valence electrons. The van der Waals surface area contributed by atoms with E-state index in [1.807, 2.05) is 86.5 Å². The third kappa shape index (κ3) is 6.05. The molecule has 4 heteroatoms. The van der Waals surface area contributed by atoms with Gasteiger partial charge in [0.15, 0.2) is 11.6 Å². The van der Waals surface area contributed by atoms with Crippen molar-refractivity contribution >= 4 is 35.1 Å².